The summed E-state index contributed by atoms with van der Waals surface area (Å²) in [6, 6.07) is 5.36. The van der Waals surface area contributed by atoms with Crippen LogP contribution in [0.1, 0.15) is 41.5 Å². The minimum Gasteiger partial charge on any atom is -0.355 e. The van der Waals surface area contributed by atoms with Crippen molar-refractivity contribution in [2.24, 2.45) is 5.92 Å². The van der Waals surface area contributed by atoms with Crippen molar-refractivity contribution in [2.75, 3.05) is 4.90 Å². The number of hydrogen-bond acceptors (Lipinski definition) is 4. The molecular formula is C21H17Cl2F3N4O2. The molecule has 3 heterocycles. The number of benzene rings is 1. The van der Waals surface area contributed by atoms with Gasteiger partial charge < -0.3 is 4.52 Å². The number of rotatable bonds is 3. The van der Waals surface area contributed by atoms with Gasteiger partial charge in [0.2, 0.25) is 0 Å². The summed E-state index contributed by atoms with van der Waals surface area (Å²) < 4.78 is 47.6. The van der Waals surface area contributed by atoms with Gasteiger partial charge in [-0.3, -0.25) is 9.69 Å². The zero-order valence-corrected chi connectivity index (χ0v) is 18.2. The molecule has 6 nitrogen and oxygen atoms in total. The van der Waals surface area contributed by atoms with Crippen LogP contribution in [0.2, 0.25) is 10.0 Å². The molecule has 1 aliphatic carbocycles. The Labute approximate surface area is 190 Å². The van der Waals surface area contributed by atoms with Crippen LogP contribution in [0.4, 0.5) is 19.0 Å². The fourth-order valence-corrected chi connectivity index (χ4v) is 4.74. The maximum absolute atomic E-state index is 13.8. The molecule has 1 amide bonds. The van der Waals surface area contributed by atoms with E-state index in [1.807, 2.05) is 0 Å². The van der Waals surface area contributed by atoms with E-state index < -0.39 is 24.2 Å². The molecule has 32 heavy (non-hydrogen) atoms. The van der Waals surface area contributed by atoms with Gasteiger partial charge in [-0.2, -0.15) is 18.3 Å². The lowest BCUT2D eigenvalue weighted by Gasteiger charge is -2.40. The summed E-state index contributed by atoms with van der Waals surface area (Å²) in [6.45, 7) is 1.60. The Morgan fingerprint density at radius 2 is 1.94 bits per heavy atom. The number of aromatic nitrogens is 3. The lowest BCUT2D eigenvalue weighted by Crippen LogP contribution is -2.50. The molecule has 0 bridgehead atoms. The second-order valence-corrected chi connectivity index (χ2v) is 9.01. The fourth-order valence-electron chi connectivity index (χ4n) is 4.24. The summed E-state index contributed by atoms with van der Waals surface area (Å²) >= 11 is 12.1. The molecular weight excluding hydrogens is 468 g/mol. The molecule has 0 spiro atoms. The molecule has 2 aromatic heterocycles. The Morgan fingerprint density at radius 3 is 2.59 bits per heavy atom. The first-order valence-corrected chi connectivity index (χ1v) is 10.8. The number of hydrogen-bond donors (Lipinski definition) is 0. The number of halogens is 5. The van der Waals surface area contributed by atoms with Gasteiger partial charge in [-0.15, -0.1) is 0 Å². The first-order chi connectivity index (χ1) is 15.1. The molecule has 168 valence electrons. The van der Waals surface area contributed by atoms with E-state index in [1.54, 1.807) is 19.1 Å². The molecule has 1 aromatic carbocycles. The van der Waals surface area contributed by atoms with Crippen LogP contribution < -0.4 is 4.90 Å². The summed E-state index contributed by atoms with van der Waals surface area (Å²) in [6.07, 6.45) is -3.17. The van der Waals surface area contributed by atoms with E-state index in [9.17, 15) is 18.0 Å². The van der Waals surface area contributed by atoms with Gasteiger partial charge in [0.15, 0.2) is 17.5 Å². The maximum atomic E-state index is 13.8. The largest absolute Gasteiger partial charge is 0.410 e. The van der Waals surface area contributed by atoms with E-state index in [2.05, 4.69) is 10.3 Å². The van der Waals surface area contributed by atoms with Gasteiger partial charge in [0, 0.05) is 28.8 Å². The number of alkyl halides is 3. The Kier molecular flexibility index (Phi) is 5.01. The highest BCUT2D eigenvalue weighted by Crippen LogP contribution is 2.48. The molecule has 1 aliphatic heterocycles. The van der Waals surface area contributed by atoms with Crippen molar-refractivity contribution in [1.82, 2.24) is 14.9 Å². The smallest absolute Gasteiger partial charge is 0.355 e. The van der Waals surface area contributed by atoms with E-state index in [4.69, 9.17) is 27.7 Å². The third-order valence-electron chi connectivity index (χ3n) is 5.87. The van der Waals surface area contributed by atoms with Crippen molar-refractivity contribution in [3.63, 3.8) is 0 Å². The second kappa shape index (κ2) is 7.52. The third-order valence-corrected chi connectivity index (χ3v) is 6.41. The van der Waals surface area contributed by atoms with Crippen molar-refractivity contribution in [2.45, 2.75) is 44.4 Å². The average molecular weight is 485 g/mol. The maximum Gasteiger partial charge on any atom is 0.410 e. The molecule has 0 unspecified atom stereocenters. The van der Waals surface area contributed by atoms with Crippen LogP contribution >= 0.6 is 23.2 Å². The van der Waals surface area contributed by atoms with Crippen LogP contribution in [0.25, 0.3) is 11.3 Å². The minimum absolute atomic E-state index is 0.00448. The van der Waals surface area contributed by atoms with Gasteiger partial charge >= 0.3 is 6.18 Å². The lowest BCUT2D eigenvalue weighted by atomic mass is 9.97. The van der Waals surface area contributed by atoms with E-state index in [-0.39, 0.29) is 29.6 Å². The number of carbonyl (C=O) groups excluding carboxylic acids is 1. The Morgan fingerprint density at radius 1 is 1.19 bits per heavy atom. The van der Waals surface area contributed by atoms with Gasteiger partial charge in [0.1, 0.15) is 5.82 Å². The van der Waals surface area contributed by atoms with Crippen molar-refractivity contribution < 1.29 is 22.5 Å². The van der Waals surface area contributed by atoms with Crippen LogP contribution in [0.3, 0.4) is 0 Å². The van der Waals surface area contributed by atoms with E-state index in [0.29, 0.717) is 21.3 Å². The predicted molar refractivity (Wildman–Crippen MR) is 112 cm³/mol. The topological polar surface area (TPSA) is 64.2 Å². The van der Waals surface area contributed by atoms with Crippen LogP contribution in [0, 0.1) is 12.8 Å². The molecule has 11 heteroatoms. The van der Waals surface area contributed by atoms with Gasteiger partial charge in [-0.25, -0.2) is 4.68 Å². The highest BCUT2D eigenvalue weighted by molar-refractivity contribution is 6.36. The average Bonchev–Trinajstić information content (AvgIpc) is 3.30. The lowest BCUT2D eigenvalue weighted by molar-refractivity contribution is -0.174. The minimum atomic E-state index is -4.47. The highest BCUT2D eigenvalue weighted by Gasteiger charge is 2.53. The van der Waals surface area contributed by atoms with Crippen molar-refractivity contribution in [3.05, 3.63) is 51.8 Å². The monoisotopic (exact) mass is 484 g/mol. The number of nitrogens with zero attached hydrogens (tertiary/aromatic N) is 4. The molecule has 1 saturated carbocycles. The second-order valence-electron chi connectivity index (χ2n) is 8.16. The van der Waals surface area contributed by atoms with E-state index >= 15 is 0 Å². The molecule has 0 radical (unpaired) electrons. The number of fused-ring (bicyclic) bond motifs is 1. The van der Waals surface area contributed by atoms with E-state index in [1.165, 1.54) is 23.1 Å². The summed E-state index contributed by atoms with van der Waals surface area (Å²) in [5.41, 5.74) is 0.878. The SMILES string of the molecule is Cc1cc2n(n1)[C@H](C(F)(F)F)C[C@@H](C1CC1)N2C(=O)c1cc(-c2ccc(Cl)cc2Cl)on1. The number of aryl methyl sites for hydroxylation is 1. The van der Waals surface area contributed by atoms with Crippen molar-refractivity contribution in [3.8, 4) is 11.3 Å². The zero-order chi connectivity index (χ0) is 22.8. The van der Waals surface area contributed by atoms with Gasteiger partial charge in [-0.05, 0) is 50.3 Å². The first-order valence-electron chi connectivity index (χ1n) is 10.0. The molecule has 1 fully saturated rings. The standard InChI is InChI=1S/C21H17Cl2F3N4O2/c1-10-6-19-29(16(11-2-3-11)9-18(21(24,25)26)30(19)27-10)20(31)15-8-17(32-28-15)13-5-4-12(22)7-14(13)23/h4-8,11,16,18H,2-3,9H2,1H3/t16-,18-/m0/s1. The third kappa shape index (κ3) is 3.67. The normalized spacial score (nSPS) is 21.0. The Balaban J connectivity index is 1.54. The van der Waals surface area contributed by atoms with Crippen LogP contribution in [-0.2, 0) is 0 Å². The van der Waals surface area contributed by atoms with Crippen molar-refractivity contribution >= 4 is 34.9 Å². The molecule has 0 saturated heterocycles. The quantitative estimate of drug-likeness (QED) is 0.451. The summed E-state index contributed by atoms with van der Waals surface area (Å²) in [5, 5.41) is 8.69. The molecule has 5 rings (SSSR count). The van der Waals surface area contributed by atoms with Gasteiger partial charge in [0.25, 0.3) is 5.91 Å². The number of anilines is 1. The number of carbonyl (C=O) groups is 1. The predicted octanol–water partition coefficient (Wildman–Crippen LogP) is 6.09. The van der Waals surface area contributed by atoms with Gasteiger partial charge in [0.05, 0.1) is 10.7 Å². The molecule has 3 aromatic rings. The summed E-state index contributed by atoms with van der Waals surface area (Å²) in [4.78, 5) is 14.9. The van der Waals surface area contributed by atoms with E-state index in [0.717, 1.165) is 17.5 Å². The first kappa shape index (κ1) is 21.3. The summed E-state index contributed by atoms with van der Waals surface area (Å²) in [7, 11) is 0. The Hall–Kier alpha value is -2.52. The molecule has 2 aliphatic rings. The molecule has 2 atom stereocenters. The summed E-state index contributed by atoms with van der Waals surface area (Å²) in [5.74, 6) is -0.159. The van der Waals surface area contributed by atoms with Gasteiger partial charge in [-0.1, -0.05) is 28.4 Å². The molecule has 0 N–H and O–H groups in total. The van der Waals surface area contributed by atoms with Crippen LogP contribution in [-0.4, -0.2) is 33.1 Å². The zero-order valence-electron chi connectivity index (χ0n) is 16.7. The fraction of sp³-hybridized carbons (Fsp3) is 0.381. The highest BCUT2D eigenvalue weighted by atomic mass is 35.5. The number of amides is 1. The van der Waals surface area contributed by atoms with Crippen molar-refractivity contribution in [1.29, 1.82) is 0 Å². The van der Waals surface area contributed by atoms with Crippen LogP contribution in [0.5, 0.6) is 0 Å². The Bertz CT molecular complexity index is 1200. The van der Waals surface area contributed by atoms with Crippen LogP contribution in [0.15, 0.2) is 34.9 Å².